The minimum Gasteiger partial charge on any atom is -0.465 e. The molecular formula is C13H26O4S4. The van der Waals surface area contributed by atoms with Crippen molar-refractivity contribution >= 4 is 54.8 Å². The van der Waals surface area contributed by atoms with E-state index in [0.717, 1.165) is 23.7 Å². The zero-order valence-electron chi connectivity index (χ0n) is 12.3. The molecule has 3 unspecified atom stereocenters. The lowest BCUT2D eigenvalue weighted by Gasteiger charge is -2.16. The molecule has 0 radical (unpaired) electrons. The summed E-state index contributed by atoms with van der Waals surface area (Å²) in [5, 5.41) is 18.9. The smallest absolute Gasteiger partial charge is 0.309 e. The molecule has 3 atom stereocenters. The molecule has 0 spiro atoms. The van der Waals surface area contributed by atoms with Gasteiger partial charge in [-0.05, 0) is 17.9 Å². The van der Waals surface area contributed by atoms with Crippen molar-refractivity contribution in [2.45, 2.75) is 25.6 Å². The molecule has 0 bridgehead atoms. The van der Waals surface area contributed by atoms with Crippen LogP contribution in [0, 0.1) is 5.92 Å². The Morgan fingerprint density at radius 2 is 1.86 bits per heavy atom. The molecule has 2 N–H and O–H groups in total. The summed E-state index contributed by atoms with van der Waals surface area (Å²) in [5.74, 6) is 3.50. The largest absolute Gasteiger partial charge is 0.465 e. The van der Waals surface area contributed by atoms with Crippen LogP contribution in [0.25, 0.3) is 0 Å². The molecule has 0 amide bonds. The first-order chi connectivity index (χ1) is 10.0. The number of aliphatic hydroxyl groups is 2. The van der Waals surface area contributed by atoms with E-state index in [1.165, 1.54) is 11.8 Å². The third-order valence-corrected chi connectivity index (χ3v) is 5.64. The van der Waals surface area contributed by atoms with E-state index >= 15 is 0 Å². The molecule has 21 heavy (non-hydrogen) atoms. The molecule has 0 rings (SSSR count). The van der Waals surface area contributed by atoms with Crippen LogP contribution in [0.15, 0.2) is 0 Å². The highest BCUT2D eigenvalue weighted by atomic mass is 32.2. The molecule has 0 fully saturated rings. The van der Waals surface area contributed by atoms with Gasteiger partial charge in [0.2, 0.25) is 0 Å². The van der Waals surface area contributed by atoms with E-state index in [-0.39, 0.29) is 17.6 Å². The lowest BCUT2D eigenvalue weighted by atomic mass is 10.2. The number of aliphatic hydroxyl groups excluding tert-OH is 2. The second-order valence-corrected chi connectivity index (χ2v) is 7.72. The predicted molar refractivity (Wildman–Crippen MR) is 99.1 cm³/mol. The van der Waals surface area contributed by atoms with E-state index in [9.17, 15) is 15.0 Å². The molecule has 0 aromatic heterocycles. The minimum atomic E-state index is -0.822. The van der Waals surface area contributed by atoms with Gasteiger partial charge in [-0.3, -0.25) is 4.79 Å². The van der Waals surface area contributed by atoms with E-state index in [2.05, 4.69) is 25.3 Å². The Bertz CT molecular complexity index is 269. The number of esters is 1. The third-order valence-electron chi connectivity index (χ3n) is 2.61. The molecular weight excluding hydrogens is 348 g/mol. The van der Waals surface area contributed by atoms with Gasteiger partial charge in [0.1, 0.15) is 6.61 Å². The molecule has 0 saturated heterocycles. The zero-order valence-corrected chi connectivity index (χ0v) is 15.7. The summed E-state index contributed by atoms with van der Waals surface area (Å²) >= 11 is 11.2. The number of hydrogen-bond donors (Lipinski definition) is 4. The van der Waals surface area contributed by atoms with E-state index in [1.54, 1.807) is 11.8 Å². The molecule has 0 aliphatic rings. The number of hydrogen-bond acceptors (Lipinski definition) is 8. The van der Waals surface area contributed by atoms with Gasteiger partial charge in [-0.2, -0.15) is 48.8 Å². The van der Waals surface area contributed by atoms with E-state index in [1.807, 2.05) is 6.92 Å². The Labute approximate surface area is 147 Å². The maximum Gasteiger partial charge on any atom is 0.309 e. The predicted octanol–water partition coefficient (Wildman–Crippen LogP) is 1.60. The average Bonchev–Trinajstić information content (AvgIpc) is 2.49. The number of thioether (sulfide) groups is 2. The van der Waals surface area contributed by atoms with Crippen LogP contribution >= 0.6 is 48.8 Å². The van der Waals surface area contributed by atoms with Crippen molar-refractivity contribution in [3.8, 4) is 0 Å². The molecule has 0 aromatic carbocycles. The lowest BCUT2D eigenvalue weighted by molar-refractivity contribution is -0.146. The Hall–Kier alpha value is 0.790. The zero-order chi connectivity index (χ0) is 16.1. The van der Waals surface area contributed by atoms with Gasteiger partial charge in [0.25, 0.3) is 0 Å². The first kappa shape index (κ1) is 21.8. The fraction of sp³-hybridized carbons (Fsp3) is 0.923. The van der Waals surface area contributed by atoms with Gasteiger partial charge in [0.15, 0.2) is 0 Å². The maximum absolute atomic E-state index is 11.7. The van der Waals surface area contributed by atoms with E-state index < -0.39 is 12.2 Å². The van der Waals surface area contributed by atoms with Crippen molar-refractivity contribution < 1.29 is 19.7 Å². The van der Waals surface area contributed by atoms with Crippen LogP contribution in [-0.2, 0) is 9.53 Å². The Morgan fingerprint density at radius 3 is 2.48 bits per heavy atom. The van der Waals surface area contributed by atoms with Crippen LogP contribution in [0.4, 0.5) is 0 Å². The highest BCUT2D eigenvalue weighted by Crippen LogP contribution is 2.13. The Balaban J connectivity index is 3.61. The number of ether oxygens (including phenoxy) is 1. The summed E-state index contributed by atoms with van der Waals surface area (Å²) in [6.07, 6.45) is -0.564. The monoisotopic (exact) mass is 374 g/mol. The standard InChI is InChI=1S/C13H26O4S4/c1-10(8-21-9-12(15)11(14)7-19)13(16)17-3-6-20-5-2-4-18/h10-12,14-15,18-19H,2-9H2,1H3. The Morgan fingerprint density at radius 1 is 1.14 bits per heavy atom. The van der Waals surface area contributed by atoms with Gasteiger partial charge in [0.05, 0.1) is 18.1 Å². The van der Waals surface area contributed by atoms with Gasteiger partial charge < -0.3 is 14.9 Å². The van der Waals surface area contributed by atoms with Crippen LogP contribution < -0.4 is 0 Å². The van der Waals surface area contributed by atoms with Crippen LogP contribution in [0.1, 0.15) is 13.3 Å². The first-order valence-electron chi connectivity index (χ1n) is 6.92. The lowest BCUT2D eigenvalue weighted by Crippen LogP contribution is -2.30. The van der Waals surface area contributed by atoms with Crippen LogP contribution in [0.5, 0.6) is 0 Å². The number of carbonyl (C=O) groups is 1. The van der Waals surface area contributed by atoms with Crippen LogP contribution in [-0.4, -0.2) is 69.5 Å². The first-order valence-corrected chi connectivity index (χ1v) is 10.5. The molecule has 0 saturated carbocycles. The molecule has 0 aromatic rings. The van der Waals surface area contributed by atoms with Gasteiger partial charge >= 0.3 is 5.97 Å². The van der Waals surface area contributed by atoms with Crippen molar-refractivity contribution in [1.82, 2.24) is 0 Å². The fourth-order valence-corrected chi connectivity index (χ4v) is 3.74. The molecule has 0 heterocycles. The van der Waals surface area contributed by atoms with Gasteiger partial charge in [-0.15, -0.1) is 0 Å². The summed E-state index contributed by atoms with van der Waals surface area (Å²) in [7, 11) is 0. The summed E-state index contributed by atoms with van der Waals surface area (Å²) in [4.78, 5) is 11.7. The number of rotatable bonds is 13. The van der Waals surface area contributed by atoms with Gasteiger partial charge in [-0.1, -0.05) is 6.92 Å². The minimum absolute atomic E-state index is 0.207. The third kappa shape index (κ3) is 11.9. The van der Waals surface area contributed by atoms with Crippen molar-refractivity contribution in [1.29, 1.82) is 0 Å². The quantitative estimate of drug-likeness (QED) is 0.223. The van der Waals surface area contributed by atoms with E-state index in [0.29, 0.717) is 18.1 Å². The molecule has 126 valence electrons. The normalized spacial score (nSPS) is 15.5. The average molecular weight is 375 g/mol. The molecule has 8 heteroatoms. The van der Waals surface area contributed by atoms with Crippen LogP contribution in [0.3, 0.4) is 0 Å². The SMILES string of the molecule is CC(CSCC(O)C(O)CS)C(=O)OCCSCCCS. The van der Waals surface area contributed by atoms with Gasteiger partial charge in [0, 0.05) is 23.0 Å². The summed E-state index contributed by atoms with van der Waals surface area (Å²) in [6.45, 7) is 2.25. The summed E-state index contributed by atoms with van der Waals surface area (Å²) in [5.41, 5.74) is 0. The van der Waals surface area contributed by atoms with Crippen molar-refractivity contribution in [2.24, 2.45) is 5.92 Å². The molecule has 0 aliphatic carbocycles. The van der Waals surface area contributed by atoms with Crippen LogP contribution in [0.2, 0.25) is 0 Å². The fourth-order valence-electron chi connectivity index (χ4n) is 1.28. The van der Waals surface area contributed by atoms with Crippen molar-refractivity contribution in [2.75, 3.05) is 41.1 Å². The number of thiol groups is 2. The van der Waals surface area contributed by atoms with E-state index in [4.69, 9.17) is 4.74 Å². The van der Waals surface area contributed by atoms with Crippen molar-refractivity contribution in [3.63, 3.8) is 0 Å². The van der Waals surface area contributed by atoms with Crippen molar-refractivity contribution in [3.05, 3.63) is 0 Å². The molecule has 4 nitrogen and oxygen atoms in total. The number of carbonyl (C=O) groups excluding carboxylic acids is 1. The maximum atomic E-state index is 11.7. The second-order valence-electron chi connectivity index (χ2n) is 4.61. The second kappa shape index (κ2) is 14.4. The van der Waals surface area contributed by atoms with Gasteiger partial charge in [-0.25, -0.2) is 0 Å². The highest BCUT2D eigenvalue weighted by molar-refractivity contribution is 7.99. The summed E-state index contributed by atoms with van der Waals surface area (Å²) in [6, 6.07) is 0. The summed E-state index contributed by atoms with van der Waals surface area (Å²) < 4.78 is 5.19. The Kier molecular flexibility index (Phi) is 14.9. The topological polar surface area (TPSA) is 66.8 Å². The molecule has 0 aliphatic heterocycles. The highest BCUT2D eigenvalue weighted by Gasteiger charge is 2.18.